The Morgan fingerprint density at radius 2 is 1.96 bits per heavy atom. The van der Waals surface area contributed by atoms with Crippen LogP contribution in [0.3, 0.4) is 0 Å². The van der Waals surface area contributed by atoms with E-state index in [1.165, 1.54) is 24.9 Å². The van der Waals surface area contributed by atoms with E-state index in [0.717, 1.165) is 16.8 Å². The summed E-state index contributed by atoms with van der Waals surface area (Å²) in [5.74, 6) is 0.00612. The van der Waals surface area contributed by atoms with E-state index in [1.54, 1.807) is 0 Å². The minimum absolute atomic E-state index is 0.153. The molecule has 0 fully saturated rings. The zero-order chi connectivity index (χ0) is 16.8. The van der Waals surface area contributed by atoms with Crippen molar-refractivity contribution in [1.82, 2.24) is 9.97 Å². The first-order valence-corrected chi connectivity index (χ1v) is 8.05. The summed E-state index contributed by atoms with van der Waals surface area (Å²) >= 11 is 1.18. The van der Waals surface area contributed by atoms with Crippen LogP contribution in [0.2, 0.25) is 0 Å². The molecule has 2 rings (SSSR count). The van der Waals surface area contributed by atoms with Crippen LogP contribution in [0.25, 0.3) is 0 Å². The molecule has 2 N–H and O–H groups in total. The number of carbonyl (C=O) groups is 1. The molecule has 23 heavy (non-hydrogen) atoms. The van der Waals surface area contributed by atoms with Gasteiger partial charge in [0, 0.05) is 18.9 Å². The Morgan fingerprint density at radius 3 is 2.61 bits per heavy atom. The summed E-state index contributed by atoms with van der Waals surface area (Å²) in [7, 11) is 1.53. The summed E-state index contributed by atoms with van der Waals surface area (Å²) in [4.78, 5) is 30.4. The number of hydrogen-bond donors (Lipinski definition) is 2. The van der Waals surface area contributed by atoms with E-state index in [9.17, 15) is 9.59 Å². The van der Waals surface area contributed by atoms with Crippen LogP contribution in [0.15, 0.2) is 34.2 Å². The number of benzene rings is 1. The van der Waals surface area contributed by atoms with Gasteiger partial charge in [0.05, 0.1) is 18.1 Å². The second kappa shape index (κ2) is 7.94. The predicted octanol–water partition coefficient (Wildman–Crippen LogP) is 2.26. The van der Waals surface area contributed by atoms with Gasteiger partial charge in [0.1, 0.15) is 0 Å². The van der Waals surface area contributed by atoms with Crippen molar-refractivity contribution in [3.63, 3.8) is 0 Å². The normalized spacial score (nSPS) is 10.6. The number of amides is 1. The molecule has 0 saturated carbocycles. The van der Waals surface area contributed by atoms with Crippen molar-refractivity contribution in [3.05, 3.63) is 51.4 Å². The Kier molecular flexibility index (Phi) is 5.95. The number of aryl methyl sites for hydroxylation is 2. The molecule has 0 aliphatic carbocycles. The minimum Gasteiger partial charge on any atom is -0.378 e. The highest BCUT2D eigenvalue weighted by Crippen LogP contribution is 2.16. The topological polar surface area (TPSA) is 84.1 Å². The van der Waals surface area contributed by atoms with Crippen LogP contribution in [0, 0.1) is 13.8 Å². The summed E-state index contributed by atoms with van der Waals surface area (Å²) in [6.45, 7) is 4.22. The van der Waals surface area contributed by atoms with Gasteiger partial charge >= 0.3 is 0 Å². The van der Waals surface area contributed by atoms with Crippen molar-refractivity contribution in [3.8, 4) is 0 Å². The average molecular weight is 333 g/mol. The van der Waals surface area contributed by atoms with Crippen molar-refractivity contribution < 1.29 is 9.53 Å². The van der Waals surface area contributed by atoms with Gasteiger partial charge in [-0.25, -0.2) is 4.98 Å². The van der Waals surface area contributed by atoms with Gasteiger partial charge in [0.2, 0.25) is 5.91 Å². The number of ether oxygens (including phenoxy) is 1. The summed E-state index contributed by atoms with van der Waals surface area (Å²) in [5, 5.41) is 3.25. The van der Waals surface area contributed by atoms with Crippen LogP contribution in [0.1, 0.15) is 16.8 Å². The number of H-pyrrole nitrogens is 1. The minimum atomic E-state index is -0.260. The predicted molar refractivity (Wildman–Crippen MR) is 90.8 cm³/mol. The Bertz CT molecular complexity index is 738. The molecule has 2 aromatic rings. The Morgan fingerprint density at radius 1 is 1.26 bits per heavy atom. The number of nitrogens with zero attached hydrogens (tertiary/aromatic N) is 1. The van der Waals surface area contributed by atoms with E-state index in [2.05, 4.69) is 15.3 Å². The molecule has 1 heterocycles. The molecule has 0 radical (unpaired) electrons. The molecular weight excluding hydrogens is 314 g/mol. The summed E-state index contributed by atoms with van der Waals surface area (Å²) in [6.07, 6.45) is 0. The molecular formula is C16H19N3O3S. The lowest BCUT2D eigenvalue weighted by Gasteiger charge is -2.07. The smallest absolute Gasteiger partial charge is 0.251 e. The molecule has 0 unspecified atom stereocenters. The van der Waals surface area contributed by atoms with Gasteiger partial charge < -0.3 is 15.0 Å². The molecule has 0 bridgehead atoms. The number of thioether (sulfide) groups is 1. The van der Waals surface area contributed by atoms with Gasteiger partial charge in [-0.05, 0) is 37.1 Å². The van der Waals surface area contributed by atoms with Crippen LogP contribution >= 0.6 is 11.8 Å². The highest BCUT2D eigenvalue weighted by atomic mass is 32.2. The molecule has 6 nitrogen and oxygen atoms in total. The number of anilines is 1. The third-order valence-electron chi connectivity index (χ3n) is 2.91. The first kappa shape index (κ1) is 17.2. The first-order chi connectivity index (χ1) is 11.0. The van der Waals surface area contributed by atoms with Crippen LogP contribution < -0.4 is 10.9 Å². The van der Waals surface area contributed by atoms with Crippen molar-refractivity contribution in [2.75, 3.05) is 18.2 Å². The second-order valence-electron chi connectivity index (χ2n) is 5.19. The maximum absolute atomic E-state index is 12.0. The molecule has 7 heteroatoms. The zero-order valence-electron chi connectivity index (χ0n) is 13.3. The molecule has 0 aliphatic rings. The fourth-order valence-corrected chi connectivity index (χ4v) is 2.85. The number of methoxy groups -OCH3 is 1. The van der Waals surface area contributed by atoms with E-state index in [-0.39, 0.29) is 23.8 Å². The lowest BCUT2D eigenvalue weighted by atomic mass is 10.1. The third kappa shape index (κ3) is 5.54. The van der Waals surface area contributed by atoms with Crippen LogP contribution in [0.5, 0.6) is 0 Å². The Hall–Kier alpha value is -2.12. The zero-order valence-corrected chi connectivity index (χ0v) is 14.1. The van der Waals surface area contributed by atoms with Crippen LogP contribution in [0.4, 0.5) is 5.69 Å². The van der Waals surface area contributed by atoms with Crippen molar-refractivity contribution in [2.24, 2.45) is 0 Å². The number of nitrogens with one attached hydrogen (secondary N) is 2. The Balaban J connectivity index is 1.97. The standard InChI is InChI=1S/C16H19N3O3S/c1-10-4-11(2)6-12(5-10)17-15(21)9-23-16-18-13(8-22-3)7-14(20)19-16/h4-7H,8-9H2,1-3H3,(H,17,21)(H,18,19,20). The highest BCUT2D eigenvalue weighted by molar-refractivity contribution is 7.99. The number of hydrogen-bond acceptors (Lipinski definition) is 5. The van der Waals surface area contributed by atoms with Crippen LogP contribution in [-0.2, 0) is 16.1 Å². The quantitative estimate of drug-likeness (QED) is 0.626. The van der Waals surface area contributed by atoms with E-state index in [0.29, 0.717) is 10.9 Å². The van der Waals surface area contributed by atoms with E-state index in [4.69, 9.17) is 4.74 Å². The maximum atomic E-state index is 12.0. The third-order valence-corrected chi connectivity index (χ3v) is 3.78. The largest absolute Gasteiger partial charge is 0.378 e. The van der Waals surface area contributed by atoms with E-state index < -0.39 is 0 Å². The Labute approximate surface area is 138 Å². The SMILES string of the molecule is COCc1cc(=O)[nH]c(SCC(=O)Nc2cc(C)cc(C)c2)n1. The molecule has 0 saturated heterocycles. The highest BCUT2D eigenvalue weighted by Gasteiger charge is 2.07. The van der Waals surface area contributed by atoms with Crippen molar-refractivity contribution in [1.29, 1.82) is 0 Å². The second-order valence-corrected chi connectivity index (χ2v) is 6.15. The van der Waals surface area contributed by atoms with Gasteiger partial charge in [-0.3, -0.25) is 9.59 Å². The number of aromatic nitrogens is 2. The fraction of sp³-hybridized carbons (Fsp3) is 0.312. The molecule has 1 aromatic heterocycles. The van der Waals surface area contributed by atoms with Gasteiger partial charge in [-0.2, -0.15) is 0 Å². The molecule has 1 amide bonds. The lowest BCUT2D eigenvalue weighted by molar-refractivity contribution is -0.113. The van der Waals surface area contributed by atoms with Crippen molar-refractivity contribution in [2.45, 2.75) is 25.6 Å². The van der Waals surface area contributed by atoms with Gasteiger partial charge in [0.15, 0.2) is 5.16 Å². The van der Waals surface area contributed by atoms with Crippen molar-refractivity contribution >= 4 is 23.4 Å². The monoisotopic (exact) mass is 333 g/mol. The molecule has 1 aromatic carbocycles. The summed E-state index contributed by atoms with van der Waals surface area (Å²) in [5.41, 5.74) is 3.22. The molecule has 0 atom stereocenters. The average Bonchev–Trinajstić information content (AvgIpc) is 2.44. The van der Waals surface area contributed by atoms with Crippen LogP contribution in [-0.4, -0.2) is 28.7 Å². The molecule has 0 spiro atoms. The number of rotatable bonds is 6. The molecule has 0 aliphatic heterocycles. The molecule has 122 valence electrons. The summed E-state index contributed by atoms with van der Waals surface area (Å²) in [6, 6.07) is 7.24. The summed E-state index contributed by atoms with van der Waals surface area (Å²) < 4.78 is 4.96. The van der Waals surface area contributed by atoms with Gasteiger partial charge in [-0.15, -0.1) is 0 Å². The first-order valence-electron chi connectivity index (χ1n) is 7.06. The van der Waals surface area contributed by atoms with Gasteiger partial charge in [-0.1, -0.05) is 17.8 Å². The van der Waals surface area contributed by atoms with E-state index >= 15 is 0 Å². The van der Waals surface area contributed by atoms with E-state index in [1.807, 2.05) is 32.0 Å². The van der Waals surface area contributed by atoms with Gasteiger partial charge in [0.25, 0.3) is 5.56 Å². The fourth-order valence-electron chi connectivity index (χ4n) is 2.15. The lowest BCUT2D eigenvalue weighted by Crippen LogP contribution is -2.16. The number of carbonyl (C=O) groups excluding carboxylic acids is 1. The maximum Gasteiger partial charge on any atom is 0.251 e. The number of aromatic amines is 1.